The number of ether oxygens (including phenoxy) is 1. The van der Waals surface area contributed by atoms with Gasteiger partial charge in [0.1, 0.15) is 0 Å². The third-order valence-electron chi connectivity index (χ3n) is 4.70. The Balaban J connectivity index is 1.69. The zero-order valence-corrected chi connectivity index (χ0v) is 13.6. The minimum atomic E-state index is -0.410. The summed E-state index contributed by atoms with van der Waals surface area (Å²) < 4.78 is 5.17. The summed E-state index contributed by atoms with van der Waals surface area (Å²) in [7, 11) is 0. The minimum absolute atomic E-state index is 0.0549. The quantitative estimate of drug-likeness (QED) is 0.832. The van der Waals surface area contributed by atoms with E-state index in [1.165, 1.54) is 11.1 Å². The molecule has 124 valence electrons. The molecular formula is C18H24N2O3. The van der Waals surface area contributed by atoms with Crippen LogP contribution in [0.1, 0.15) is 30.9 Å². The van der Waals surface area contributed by atoms with E-state index in [-0.39, 0.29) is 18.3 Å². The monoisotopic (exact) mass is 316 g/mol. The number of amides is 1. The predicted molar refractivity (Wildman–Crippen MR) is 87.0 cm³/mol. The average Bonchev–Trinajstić information content (AvgIpc) is 2.98. The number of carbonyl (C=O) groups excluding carboxylic acids is 2. The van der Waals surface area contributed by atoms with Gasteiger partial charge in [0.05, 0.1) is 19.1 Å². The fourth-order valence-electron chi connectivity index (χ4n) is 3.58. The summed E-state index contributed by atoms with van der Waals surface area (Å²) in [4.78, 5) is 26.4. The van der Waals surface area contributed by atoms with E-state index in [0.717, 1.165) is 25.8 Å². The molecule has 0 bridgehead atoms. The summed E-state index contributed by atoms with van der Waals surface area (Å²) in [6.07, 6.45) is 2.83. The van der Waals surface area contributed by atoms with Crippen LogP contribution in [0.2, 0.25) is 0 Å². The lowest BCUT2D eigenvalue weighted by atomic mass is 10.0. The molecule has 5 nitrogen and oxygen atoms in total. The average molecular weight is 316 g/mol. The molecule has 1 aromatic carbocycles. The van der Waals surface area contributed by atoms with E-state index < -0.39 is 6.04 Å². The zero-order valence-electron chi connectivity index (χ0n) is 13.6. The lowest BCUT2D eigenvalue weighted by Gasteiger charge is -2.38. The van der Waals surface area contributed by atoms with Gasteiger partial charge >= 0.3 is 5.97 Å². The van der Waals surface area contributed by atoms with E-state index in [1.807, 2.05) is 6.92 Å². The van der Waals surface area contributed by atoms with Crippen LogP contribution >= 0.6 is 0 Å². The van der Waals surface area contributed by atoms with Crippen LogP contribution < -0.4 is 5.32 Å². The molecule has 0 radical (unpaired) electrons. The van der Waals surface area contributed by atoms with Gasteiger partial charge in [-0.05, 0) is 30.4 Å². The molecule has 1 aliphatic carbocycles. The highest BCUT2D eigenvalue weighted by molar-refractivity contribution is 5.87. The molecule has 1 saturated heterocycles. The van der Waals surface area contributed by atoms with Crippen molar-refractivity contribution in [2.75, 3.05) is 19.7 Å². The van der Waals surface area contributed by atoms with Gasteiger partial charge in [-0.1, -0.05) is 31.2 Å². The number of piperazine rings is 1. The van der Waals surface area contributed by atoms with E-state index in [1.54, 1.807) is 0 Å². The number of benzene rings is 1. The number of fused-ring (bicyclic) bond motifs is 1. The Labute approximate surface area is 137 Å². The minimum Gasteiger partial charge on any atom is -0.466 e. The molecule has 1 aromatic rings. The molecule has 1 aliphatic heterocycles. The summed E-state index contributed by atoms with van der Waals surface area (Å²) in [5.41, 5.74) is 2.71. The van der Waals surface area contributed by atoms with Crippen molar-refractivity contribution in [2.24, 2.45) is 0 Å². The van der Waals surface area contributed by atoms with E-state index in [4.69, 9.17) is 4.74 Å². The Bertz CT molecular complexity index is 562. The summed E-state index contributed by atoms with van der Waals surface area (Å²) in [6.45, 7) is 3.81. The Morgan fingerprint density at radius 2 is 2.00 bits per heavy atom. The second kappa shape index (κ2) is 7.13. The van der Waals surface area contributed by atoms with Crippen molar-refractivity contribution >= 4 is 11.9 Å². The van der Waals surface area contributed by atoms with Crippen molar-refractivity contribution < 1.29 is 14.3 Å². The number of rotatable bonds is 5. The molecule has 5 heteroatoms. The molecule has 1 fully saturated rings. The van der Waals surface area contributed by atoms with E-state index in [2.05, 4.69) is 34.5 Å². The normalized spacial score (nSPS) is 21.8. The Hall–Kier alpha value is -1.88. The summed E-state index contributed by atoms with van der Waals surface area (Å²) >= 11 is 0. The van der Waals surface area contributed by atoms with E-state index in [9.17, 15) is 9.59 Å². The van der Waals surface area contributed by atoms with Gasteiger partial charge in [-0.3, -0.25) is 14.5 Å². The maximum Gasteiger partial charge on any atom is 0.307 e. The summed E-state index contributed by atoms with van der Waals surface area (Å²) in [5, 5.41) is 2.88. The second-order valence-corrected chi connectivity index (χ2v) is 6.30. The molecule has 0 saturated carbocycles. The molecule has 1 heterocycles. The molecular weight excluding hydrogens is 292 g/mol. The SMILES string of the molecule is CCCOC(=O)C[C@@H]1C(=O)NCCN1C1Cc2ccccc2C1. The lowest BCUT2D eigenvalue weighted by molar-refractivity contribution is -0.149. The Kier molecular flexibility index (Phi) is 4.96. The highest BCUT2D eigenvalue weighted by Crippen LogP contribution is 2.28. The van der Waals surface area contributed by atoms with Gasteiger partial charge in [-0.25, -0.2) is 0 Å². The first-order valence-corrected chi connectivity index (χ1v) is 8.45. The van der Waals surface area contributed by atoms with Crippen LogP contribution in [0.25, 0.3) is 0 Å². The van der Waals surface area contributed by atoms with Gasteiger partial charge in [0.15, 0.2) is 0 Å². The van der Waals surface area contributed by atoms with Crippen molar-refractivity contribution in [3.63, 3.8) is 0 Å². The molecule has 1 atom stereocenters. The molecule has 1 N–H and O–H groups in total. The number of nitrogens with zero attached hydrogens (tertiary/aromatic N) is 1. The van der Waals surface area contributed by atoms with Crippen LogP contribution in [-0.4, -0.2) is 48.6 Å². The first-order chi connectivity index (χ1) is 11.2. The molecule has 0 unspecified atom stereocenters. The van der Waals surface area contributed by atoms with Gasteiger partial charge in [-0.15, -0.1) is 0 Å². The van der Waals surface area contributed by atoms with Gasteiger partial charge < -0.3 is 10.1 Å². The molecule has 0 aromatic heterocycles. The van der Waals surface area contributed by atoms with Crippen LogP contribution in [-0.2, 0) is 27.2 Å². The summed E-state index contributed by atoms with van der Waals surface area (Å²) in [6, 6.07) is 8.32. The van der Waals surface area contributed by atoms with E-state index >= 15 is 0 Å². The van der Waals surface area contributed by atoms with Crippen LogP contribution in [0.15, 0.2) is 24.3 Å². The Morgan fingerprint density at radius 3 is 2.65 bits per heavy atom. The molecule has 1 amide bonds. The standard InChI is InChI=1S/C18H24N2O3/c1-2-9-23-17(21)12-16-18(22)19-7-8-20(16)15-10-13-5-3-4-6-14(13)11-15/h3-6,15-16H,2,7-12H2,1H3,(H,19,22)/t16-/m1/s1. The van der Waals surface area contributed by atoms with Crippen molar-refractivity contribution in [1.29, 1.82) is 0 Å². The summed E-state index contributed by atoms with van der Waals surface area (Å²) in [5.74, 6) is -0.338. The first-order valence-electron chi connectivity index (χ1n) is 8.45. The predicted octanol–water partition coefficient (Wildman–Crippen LogP) is 1.30. The smallest absolute Gasteiger partial charge is 0.307 e. The number of esters is 1. The number of nitrogens with one attached hydrogen (secondary N) is 1. The number of hydrogen-bond donors (Lipinski definition) is 1. The maximum absolute atomic E-state index is 12.3. The van der Waals surface area contributed by atoms with Gasteiger partial charge in [0, 0.05) is 19.1 Å². The van der Waals surface area contributed by atoms with Crippen LogP contribution in [0.4, 0.5) is 0 Å². The van der Waals surface area contributed by atoms with Crippen LogP contribution in [0.5, 0.6) is 0 Å². The molecule has 23 heavy (non-hydrogen) atoms. The van der Waals surface area contributed by atoms with Crippen molar-refractivity contribution in [3.05, 3.63) is 35.4 Å². The molecule has 0 spiro atoms. The highest BCUT2D eigenvalue weighted by Gasteiger charge is 2.38. The van der Waals surface area contributed by atoms with Gasteiger partial charge in [0.2, 0.25) is 5.91 Å². The fourth-order valence-corrected chi connectivity index (χ4v) is 3.58. The third-order valence-corrected chi connectivity index (χ3v) is 4.70. The second-order valence-electron chi connectivity index (χ2n) is 6.30. The first kappa shape index (κ1) is 16.0. The lowest BCUT2D eigenvalue weighted by Crippen LogP contribution is -2.59. The molecule has 2 aliphatic rings. The zero-order chi connectivity index (χ0) is 16.2. The third kappa shape index (κ3) is 3.55. The highest BCUT2D eigenvalue weighted by atomic mass is 16.5. The van der Waals surface area contributed by atoms with Crippen LogP contribution in [0, 0.1) is 0 Å². The maximum atomic E-state index is 12.3. The van der Waals surface area contributed by atoms with E-state index in [0.29, 0.717) is 19.2 Å². The molecule has 3 rings (SSSR count). The van der Waals surface area contributed by atoms with Gasteiger partial charge in [0.25, 0.3) is 0 Å². The number of carbonyl (C=O) groups is 2. The fraction of sp³-hybridized carbons (Fsp3) is 0.556. The Morgan fingerprint density at radius 1 is 1.30 bits per heavy atom. The topological polar surface area (TPSA) is 58.6 Å². The largest absolute Gasteiger partial charge is 0.466 e. The van der Waals surface area contributed by atoms with Crippen LogP contribution in [0.3, 0.4) is 0 Å². The van der Waals surface area contributed by atoms with Crippen molar-refractivity contribution in [2.45, 2.75) is 44.7 Å². The van der Waals surface area contributed by atoms with Crippen molar-refractivity contribution in [1.82, 2.24) is 10.2 Å². The van der Waals surface area contributed by atoms with Crippen molar-refractivity contribution in [3.8, 4) is 0 Å². The number of hydrogen-bond acceptors (Lipinski definition) is 4. The van der Waals surface area contributed by atoms with Gasteiger partial charge in [-0.2, -0.15) is 0 Å².